The first-order valence-electron chi connectivity index (χ1n) is 6.28. The van der Waals surface area contributed by atoms with Crippen LogP contribution in [0.25, 0.3) is 0 Å². The Morgan fingerprint density at radius 3 is 2.71 bits per heavy atom. The molecule has 1 heterocycles. The summed E-state index contributed by atoms with van der Waals surface area (Å²) in [6, 6.07) is 6.66. The number of rotatable bonds is 5. The first-order valence-corrected chi connectivity index (χ1v) is 6.28. The molecule has 2 aromatic rings. The Balaban J connectivity index is 2.43. The highest BCUT2D eigenvalue weighted by Crippen LogP contribution is 2.33. The molecule has 3 N–H and O–H groups in total. The first-order chi connectivity index (χ1) is 10.1. The van der Waals surface area contributed by atoms with Crippen LogP contribution in [0.1, 0.15) is 21.5 Å². The minimum Gasteiger partial charge on any atom is -0.493 e. The number of carbonyl (C=O) groups is 1. The van der Waals surface area contributed by atoms with Gasteiger partial charge in [-0.05, 0) is 36.2 Å². The number of methoxy groups -OCH3 is 1. The summed E-state index contributed by atoms with van der Waals surface area (Å²) in [5.41, 5.74) is 6.96. The summed E-state index contributed by atoms with van der Waals surface area (Å²) in [5.74, 6) is 0.328. The van der Waals surface area contributed by atoms with Crippen molar-refractivity contribution < 1.29 is 19.4 Å². The summed E-state index contributed by atoms with van der Waals surface area (Å²) in [6.45, 7) is 1.65. The van der Waals surface area contributed by atoms with Crippen LogP contribution >= 0.6 is 0 Å². The second kappa shape index (κ2) is 6.23. The summed E-state index contributed by atoms with van der Waals surface area (Å²) in [5, 5.41) is 9.12. The second-order valence-corrected chi connectivity index (χ2v) is 4.42. The molecule has 1 aromatic carbocycles. The number of nitrogens with zero attached hydrogens (tertiary/aromatic N) is 1. The third-order valence-electron chi connectivity index (χ3n) is 2.99. The van der Waals surface area contributed by atoms with Gasteiger partial charge < -0.3 is 20.3 Å². The number of aliphatic hydroxyl groups excluding tert-OH is 1. The van der Waals surface area contributed by atoms with Crippen LogP contribution in [-0.4, -0.2) is 23.1 Å². The van der Waals surface area contributed by atoms with Crippen molar-refractivity contribution in [2.24, 2.45) is 5.73 Å². The normalized spacial score (nSPS) is 10.2. The predicted molar refractivity (Wildman–Crippen MR) is 76.5 cm³/mol. The Morgan fingerprint density at radius 2 is 2.10 bits per heavy atom. The van der Waals surface area contributed by atoms with Crippen LogP contribution in [0, 0.1) is 6.92 Å². The summed E-state index contributed by atoms with van der Waals surface area (Å²) < 4.78 is 10.9. The Kier molecular flexibility index (Phi) is 4.39. The van der Waals surface area contributed by atoms with E-state index in [1.807, 2.05) is 0 Å². The van der Waals surface area contributed by atoms with E-state index in [-0.39, 0.29) is 18.1 Å². The molecule has 21 heavy (non-hydrogen) atoms. The molecule has 6 heteroatoms. The van der Waals surface area contributed by atoms with Gasteiger partial charge in [0.15, 0.2) is 11.5 Å². The van der Waals surface area contributed by atoms with Crippen LogP contribution in [0.4, 0.5) is 0 Å². The van der Waals surface area contributed by atoms with Crippen molar-refractivity contribution in [1.82, 2.24) is 4.98 Å². The maximum absolute atomic E-state index is 11.5. The van der Waals surface area contributed by atoms with Crippen LogP contribution in [-0.2, 0) is 6.61 Å². The molecule has 0 atom stereocenters. The number of aromatic nitrogens is 1. The van der Waals surface area contributed by atoms with E-state index in [0.717, 1.165) is 0 Å². The number of amides is 1. The van der Waals surface area contributed by atoms with Crippen molar-refractivity contribution in [3.63, 3.8) is 0 Å². The van der Waals surface area contributed by atoms with E-state index < -0.39 is 5.91 Å². The fourth-order valence-corrected chi connectivity index (χ4v) is 1.91. The van der Waals surface area contributed by atoms with Crippen molar-refractivity contribution in [3.05, 3.63) is 47.2 Å². The molecule has 0 unspecified atom stereocenters. The zero-order chi connectivity index (χ0) is 15.4. The zero-order valence-electron chi connectivity index (χ0n) is 11.8. The highest BCUT2D eigenvalue weighted by molar-refractivity contribution is 5.96. The van der Waals surface area contributed by atoms with Gasteiger partial charge in [-0.2, -0.15) is 0 Å². The van der Waals surface area contributed by atoms with E-state index in [4.69, 9.17) is 20.3 Å². The van der Waals surface area contributed by atoms with Gasteiger partial charge in [-0.15, -0.1) is 0 Å². The Labute approximate surface area is 122 Å². The van der Waals surface area contributed by atoms with Crippen molar-refractivity contribution in [2.45, 2.75) is 13.5 Å². The third-order valence-corrected chi connectivity index (χ3v) is 2.99. The van der Waals surface area contributed by atoms with E-state index in [1.165, 1.54) is 13.3 Å². The topological polar surface area (TPSA) is 94.7 Å². The summed E-state index contributed by atoms with van der Waals surface area (Å²) in [4.78, 5) is 15.6. The van der Waals surface area contributed by atoms with E-state index in [2.05, 4.69) is 4.98 Å². The first kappa shape index (κ1) is 14.8. The van der Waals surface area contributed by atoms with Crippen LogP contribution in [0.2, 0.25) is 0 Å². The smallest absolute Gasteiger partial charge is 0.254 e. The maximum Gasteiger partial charge on any atom is 0.254 e. The second-order valence-electron chi connectivity index (χ2n) is 4.42. The van der Waals surface area contributed by atoms with Gasteiger partial charge in [0.25, 0.3) is 5.91 Å². The zero-order valence-corrected chi connectivity index (χ0v) is 11.8. The summed E-state index contributed by atoms with van der Waals surface area (Å²) >= 11 is 0. The van der Waals surface area contributed by atoms with Crippen molar-refractivity contribution in [1.29, 1.82) is 0 Å². The average Bonchev–Trinajstić information content (AvgIpc) is 2.47. The molecule has 0 fully saturated rings. The number of pyridine rings is 1. The lowest BCUT2D eigenvalue weighted by Crippen LogP contribution is -2.14. The van der Waals surface area contributed by atoms with Crippen molar-refractivity contribution in [2.75, 3.05) is 7.11 Å². The summed E-state index contributed by atoms with van der Waals surface area (Å²) in [6.07, 6.45) is 1.53. The average molecular weight is 288 g/mol. The molecule has 0 aliphatic heterocycles. The molecule has 1 amide bonds. The number of aryl methyl sites for hydroxylation is 1. The highest BCUT2D eigenvalue weighted by atomic mass is 16.5. The van der Waals surface area contributed by atoms with Crippen molar-refractivity contribution >= 4 is 5.91 Å². The minimum atomic E-state index is -0.610. The molecule has 0 radical (unpaired) electrons. The van der Waals surface area contributed by atoms with Crippen molar-refractivity contribution in [3.8, 4) is 17.4 Å². The number of hydrogen-bond donors (Lipinski definition) is 2. The fourth-order valence-electron chi connectivity index (χ4n) is 1.91. The number of nitrogens with two attached hydrogens (primary N) is 1. The molecular formula is C15H16N2O4. The number of benzene rings is 1. The van der Waals surface area contributed by atoms with Gasteiger partial charge in [0, 0.05) is 6.20 Å². The Bertz CT molecular complexity index is 671. The number of aliphatic hydroxyl groups is 1. The van der Waals surface area contributed by atoms with Gasteiger partial charge in [-0.1, -0.05) is 6.07 Å². The van der Waals surface area contributed by atoms with Gasteiger partial charge in [-0.25, -0.2) is 4.98 Å². The molecule has 6 nitrogen and oxygen atoms in total. The molecule has 1 aromatic heterocycles. The molecule has 0 saturated carbocycles. The third kappa shape index (κ3) is 3.11. The van der Waals surface area contributed by atoms with E-state index in [9.17, 15) is 4.79 Å². The minimum absolute atomic E-state index is 0.105. The molecule has 2 rings (SSSR count). The lowest BCUT2D eigenvalue weighted by Gasteiger charge is -2.13. The van der Waals surface area contributed by atoms with Gasteiger partial charge in [-0.3, -0.25) is 4.79 Å². The molecule has 0 saturated heterocycles. The fraction of sp³-hybridized carbons (Fsp3) is 0.200. The monoisotopic (exact) mass is 288 g/mol. The van der Waals surface area contributed by atoms with Gasteiger partial charge in [0.1, 0.15) is 5.56 Å². The van der Waals surface area contributed by atoms with Crippen LogP contribution in [0.15, 0.2) is 30.5 Å². The molecular weight excluding hydrogens is 272 g/mol. The standard InChI is InChI=1S/C15H16N2O4/c1-9-5-6-17-15(13(9)14(16)19)21-11-4-3-10(8-18)7-12(11)20-2/h3-7,18H,8H2,1-2H3,(H2,16,19). The lowest BCUT2D eigenvalue weighted by atomic mass is 10.1. The number of carbonyl (C=O) groups excluding carboxylic acids is 1. The molecule has 0 spiro atoms. The SMILES string of the molecule is COc1cc(CO)ccc1Oc1nccc(C)c1C(N)=O. The largest absolute Gasteiger partial charge is 0.493 e. The van der Waals surface area contributed by atoms with E-state index in [1.54, 1.807) is 31.2 Å². The summed E-state index contributed by atoms with van der Waals surface area (Å²) in [7, 11) is 1.49. The lowest BCUT2D eigenvalue weighted by molar-refractivity contribution is 0.0996. The Morgan fingerprint density at radius 1 is 1.33 bits per heavy atom. The number of ether oxygens (including phenoxy) is 2. The van der Waals surface area contributed by atoms with Crippen LogP contribution < -0.4 is 15.2 Å². The van der Waals surface area contributed by atoms with Crippen LogP contribution in [0.5, 0.6) is 17.4 Å². The molecule has 110 valence electrons. The predicted octanol–water partition coefficient (Wildman–Crippen LogP) is 1.78. The number of hydrogen-bond acceptors (Lipinski definition) is 5. The maximum atomic E-state index is 11.5. The van der Waals surface area contributed by atoms with Gasteiger partial charge in [0.2, 0.25) is 5.88 Å². The Hall–Kier alpha value is -2.60. The van der Waals surface area contributed by atoms with Gasteiger partial charge in [0.05, 0.1) is 13.7 Å². The molecule has 0 bridgehead atoms. The molecule has 0 aliphatic carbocycles. The number of primary amides is 1. The van der Waals surface area contributed by atoms with E-state index in [0.29, 0.717) is 22.6 Å². The highest BCUT2D eigenvalue weighted by Gasteiger charge is 2.16. The van der Waals surface area contributed by atoms with Crippen LogP contribution in [0.3, 0.4) is 0 Å². The molecule has 0 aliphatic rings. The van der Waals surface area contributed by atoms with Gasteiger partial charge >= 0.3 is 0 Å². The quantitative estimate of drug-likeness (QED) is 0.874. The van der Waals surface area contributed by atoms with E-state index >= 15 is 0 Å².